The van der Waals surface area contributed by atoms with Gasteiger partial charge in [0.1, 0.15) is 5.52 Å². The monoisotopic (exact) mass is 830 g/mol. The van der Waals surface area contributed by atoms with Crippen LogP contribution in [0.15, 0.2) is 148 Å². The molecule has 10 rings (SSSR count). The second-order valence-corrected chi connectivity index (χ2v) is 16.2. The summed E-state index contributed by atoms with van der Waals surface area (Å²) in [5.41, 5.74) is 4.17. The number of imide groups is 1. The average Bonchev–Trinajstić information content (AvgIpc) is 3.81. The Hall–Kier alpha value is -6.39. The Morgan fingerprint density at radius 1 is 0.828 bits per heavy atom. The summed E-state index contributed by atoms with van der Waals surface area (Å²) >= 11 is 3.52. The lowest BCUT2D eigenvalue weighted by Crippen LogP contribution is -2.58. The van der Waals surface area contributed by atoms with Crippen molar-refractivity contribution in [2.45, 2.75) is 24.2 Å². The first-order valence-corrected chi connectivity index (χ1v) is 20.0. The van der Waals surface area contributed by atoms with Gasteiger partial charge in [-0.15, -0.1) is 0 Å². The van der Waals surface area contributed by atoms with Crippen LogP contribution in [0, 0.1) is 23.7 Å². The number of para-hydroxylation sites is 2. The fourth-order valence-electron chi connectivity index (χ4n) is 10.2. The topological polar surface area (TPSA) is 127 Å². The van der Waals surface area contributed by atoms with Crippen LogP contribution in [0.5, 0.6) is 11.5 Å². The summed E-state index contributed by atoms with van der Waals surface area (Å²) in [6, 6.07) is 36.6. The van der Waals surface area contributed by atoms with E-state index in [0.717, 1.165) is 11.1 Å². The van der Waals surface area contributed by atoms with Crippen LogP contribution in [0.3, 0.4) is 0 Å². The number of amides is 2. The Labute approximate surface area is 341 Å². The highest BCUT2D eigenvalue weighted by Crippen LogP contribution is 2.64. The molecule has 0 bridgehead atoms. The van der Waals surface area contributed by atoms with Gasteiger partial charge in [-0.1, -0.05) is 84.4 Å². The van der Waals surface area contributed by atoms with Gasteiger partial charge in [-0.3, -0.25) is 24.1 Å². The molecule has 1 aliphatic heterocycles. The summed E-state index contributed by atoms with van der Waals surface area (Å²) < 4.78 is 11.9. The number of methoxy groups -OCH3 is 1. The number of aromatic hydroxyl groups is 1. The number of aromatic nitrogens is 1. The van der Waals surface area contributed by atoms with Gasteiger partial charge in [0.05, 0.1) is 34.5 Å². The fraction of sp³-hybridized carbons (Fsp3) is 0.188. The van der Waals surface area contributed by atoms with E-state index in [1.807, 2.05) is 91.0 Å². The molecule has 2 amide bonds. The first-order chi connectivity index (χ1) is 28.2. The molecule has 2 fully saturated rings. The van der Waals surface area contributed by atoms with Crippen LogP contribution in [-0.4, -0.2) is 40.6 Å². The first-order valence-electron chi connectivity index (χ1n) is 19.2. The number of carbonyl (C=O) groups is 4. The molecule has 2 heterocycles. The number of ketones is 2. The fourth-order valence-corrected chi connectivity index (χ4v) is 10.6. The zero-order valence-corrected chi connectivity index (χ0v) is 32.8. The second-order valence-electron chi connectivity index (χ2n) is 15.4. The van der Waals surface area contributed by atoms with E-state index >= 15 is 9.59 Å². The first kappa shape index (κ1) is 36.0. The van der Waals surface area contributed by atoms with Crippen LogP contribution in [0.4, 0.5) is 5.69 Å². The molecular formula is C48H35BrN2O7. The largest absolute Gasteiger partial charge is 0.503 e. The highest BCUT2D eigenvalue weighted by molar-refractivity contribution is 9.10. The van der Waals surface area contributed by atoms with Crippen LogP contribution < -0.4 is 9.64 Å². The standard InChI is InChI=1S/C48H35BrN2O7/c1-57-39-23-28(22-36(49)44(39)54)42-31-20-21-32-41(47(56)51(46(32)55)30-18-16-27(17-19-30)45-50-37-14-8-9-15-38(37)58-45)34(31)24-35-43(53)33(26-10-4-2-5-11-26)25-40(52)48(35,42)29-12-6-3-7-13-29/h2-20,22-23,25,32,34-35,41-42,54H,21,24H2,1H3/t32-,34+,35-,41-,42-,48-/m0/s1. The van der Waals surface area contributed by atoms with Crippen LogP contribution in [0.1, 0.15) is 35.4 Å². The Morgan fingerprint density at radius 2 is 1.53 bits per heavy atom. The minimum atomic E-state index is -1.42. The summed E-state index contributed by atoms with van der Waals surface area (Å²) in [7, 11) is 1.45. The number of hydrogen-bond acceptors (Lipinski definition) is 8. The Morgan fingerprint density at radius 3 is 2.26 bits per heavy atom. The van der Waals surface area contributed by atoms with Crippen LogP contribution in [0.2, 0.25) is 0 Å². The van der Waals surface area contributed by atoms with Gasteiger partial charge in [-0.2, -0.15) is 0 Å². The van der Waals surface area contributed by atoms with Gasteiger partial charge in [0.2, 0.25) is 17.7 Å². The van der Waals surface area contributed by atoms with Crippen molar-refractivity contribution in [1.82, 2.24) is 4.98 Å². The van der Waals surface area contributed by atoms with Crippen molar-refractivity contribution in [1.29, 1.82) is 0 Å². The molecule has 6 atom stereocenters. The van der Waals surface area contributed by atoms with Gasteiger partial charge in [0.25, 0.3) is 0 Å². The summed E-state index contributed by atoms with van der Waals surface area (Å²) in [6.07, 6.45) is 3.95. The van der Waals surface area contributed by atoms with Crippen molar-refractivity contribution >= 4 is 61.7 Å². The zero-order valence-electron chi connectivity index (χ0n) is 31.2. The van der Waals surface area contributed by atoms with Crippen molar-refractivity contribution in [2.75, 3.05) is 12.0 Å². The number of allylic oxidation sites excluding steroid dienone is 4. The molecule has 10 heteroatoms. The summed E-state index contributed by atoms with van der Waals surface area (Å²) in [5.74, 6) is -4.23. The van der Waals surface area contributed by atoms with Crippen molar-refractivity contribution < 1.29 is 33.4 Å². The molecule has 9 nitrogen and oxygen atoms in total. The molecule has 1 saturated heterocycles. The molecule has 286 valence electrons. The molecule has 3 aliphatic carbocycles. The highest BCUT2D eigenvalue weighted by Gasteiger charge is 2.66. The molecule has 0 unspecified atom stereocenters. The average molecular weight is 832 g/mol. The normalized spacial score (nSPS) is 25.2. The quantitative estimate of drug-likeness (QED) is 0.130. The summed E-state index contributed by atoms with van der Waals surface area (Å²) in [4.78, 5) is 65.7. The molecule has 1 aromatic heterocycles. The number of phenolic OH excluding ortho intramolecular Hbond substituents is 1. The molecule has 0 spiro atoms. The summed E-state index contributed by atoms with van der Waals surface area (Å²) in [6.45, 7) is 0. The third-order valence-electron chi connectivity index (χ3n) is 12.6. The van der Waals surface area contributed by atoms with E-state index in [0.29, 0.717) is 49.5 Å². The molecular weight excluding hydrogens is 796 g/mol. The van der Waals surface area contributed by atoms with E-state index in [2.05, 4.69) is 20.9 Å². The van der Waals surface area contributed by atoms with E-state index < -0.39 is 35.0 Å². The van der Waals surface area contributed by atoms with Crippen molar-refractivity contribution in [2.24, 2.45) is 23.7 Å². The van der Waals surface area contributed by atoms with E-state index in [-0.39, 0.29) is 47.7 Å². The highest BCUT2D eigenvalue weighted by atomic mass is 79.9. The van der Waals surface area contributed by atoms with Gasteiger partial charge in [-0.05, 0) is 106 Å². The van der Waals surface area contributed by atoms with E-state index in [1.54, 1.807) is 36.4 Å². The number of hydrogen-bond donors (Lipinski definition) is 1. The number of Topliss-reactive ketones (excluding diaryl/α,β-unsaturated/α-hetero) is 1. The SMILES string of the molecule is COc1cc([C@H]2C3=CC[C@@H]4C(=O)N(c5ccc(-c6nc7ccccc7o6)cc5)C(=O)[C@@H]4[C@@H]3C[C@H]3C(=O)C(c4ccccc4)=CC(=O)[C@@]23c2ccccc2)cc(Br)c1O. The number of ether oxygens (including phenoxy) is 1. The molecule has 5 aromatic carbocycles. The molecule has 0 radical (unpaired) electrons. The number of rotatable bonds is 6. The van der Waals surface area contributed by atoms with Crippen molar-refractivity contribution in [3.05, 3.63) is 160 Å². The van der Waals surface area contributed by atoms with Crippen molar-refractivity contribution in [3.8, 4) is 23.0 Å². The number of halogens is 1. The predicted octanol–water partition coefficient (Wildman–Crippen LogP) is 9.00. The molecule has 58 heavy (non-hydrogen) atoms. The number of anilines is 1. The minimum Gasteiger partial charge on any atom is -0.503 e. The Kier molecular flexibility index (Phi) is 8.45. The van der Waals surface area contributed by atoms with Gasteiger partial charge in [0, 0.05) is 23.0 Å². The predicted molar refractivity (Wildman–Crippen MR) is 221 cm³/mol. The lowest BCUT2D eigenvalue weighted by atomic mass is 9.44. The van der Waals surface area contributed by atoms with Gasteiger partial charge < -0.3 is 14.3 Å². The lowest BCUT2D eigenvalue weighted by Gasteiger charge is -2.55. The summed E-state index contributed by atoms with van der Waals surface area (Å²) in [5, 5.41) is 10.9. The molecule has 1 N–H and O–H groups in total. The number of oxazole rings is 1. The van der Waals surface area contributed by atoms with E-state index in [1.165, 1.54) is 18.1 Å². The number of fused-ring (bicyclic) bond motifs is 5. The molecule has 4 aliphatic rings. The van der Waals surface area contributed by atoms with Crippen molar-refractivity contribution in [3.63, 3.8) is 0 Å². The maximum atomic E-state index is 15.3. The minimum absolute atomic E-state index is 0.103. The van der Waals surface area contributed by atoms with E-state index in [9.17, 15) is 14.7 Å². The maximum absolute atomic E-state index is 15.3. The number of carbonyl (C=O) groups excluding carboxylic acids is 4. The number of nitrogens with zero attached hydrogens (tertiary/aromatic N) is 2. The Balaban J connectivity index is 1.11. The smallest absolute Gasteiger partial charge is 0.238 e. The third-order valence-corrected chi connectivity index (χ3v) is 13.2. The molecule has 1 saturated carbocycles. The zero-order chi connectivity index (χ0) is 39.9. The van der Waals surface area contributed by atoms with Gasteiger partial charge in [0.15, 0.2) is 28.6 Å². The van der Waals surface area contributed by atoms with Crippen LogP contribution >= 0.6 is 15.9 Å². The van der Waals surface area contributed by atoms with Crippen LogP contribution in [-0.2, 0) is 24.6 Å². The molecule has 6 aromatic rings. The number of phenols is 1. The maximum Gasteiger partial charge on any atom is 0.238 e. The Bertz CT molecular complexity index is 2720. The third kappa shape index (κ3) is 5.24. The second kappa shape index (κ2) is 13.6. The number of benzene rings is 5. The van der Waals surface area contributed by atoms with Gasteiger partial charge >= 0.3 is 0 Å². The van der Waals surface area contributed by atoms with Gasteiger partial charge in [-0.25, -0.2) is 4.98 Å². The lowest BCUT2D eigenvalue weighted by molar-refractivity contribution is -0.135. The van der Waals surface area contributed by atoms with Crippen LogP contribution in [0.25, 0.3) is 28.1 Å². The van der Waals surface area contributed by atoms with E-state index in [4.69, 9.17) is 9.15 Å².